The van der Waals surface area contributed by atoms with E-state index >= 15 is 0 Å². The number of nitrogens with two attached hydrogens (primary N) is 1. The fourth-order valence-corrected chi connectivity index (χ4v) is 9.92. The van der Waals surface area contributed by atoms with E-state index in [2.05, 4.69) is 156 Å². The quantitative estimate of drug-likeness (QED) is 0.138. The Hall–Kier alpha value is -5.34. The van der Waals surface area contributed by atoms with Crippen LogP contribution in [0.5, 0.6) is 0 Å². The van der Waals surface area contributed by atoms with Gasteiger partial charge in [-0.05, 0) is 58.7 Å². The Labute approximate surface area is 302 Å². The molecule has 1 unspecified atom stereocenters. The fourth-order valence-electron chi connectivity index (χ4n) is 7.52. The summed E-state index contributed by atoms with van der Waals surface area (Å²) in [5.41, 5.74) is 14.5. The largest absolute Gasteiger partial charge is 0.456 e. The van der Waals surface area contributed by atoms with Gasteiger partial charge < -0.3 is 10.2 Å². The van der Waals surface area contributed by atoms with Crippen LogP contribution >= 0.6 is 22.7 Å². The number of nitrogens with one attached hydrogen (secondary N) is 2. The molecule has 10 rings (SSSR count). The standard InChI is InChI=1S/C45H33N3OS2/c46-44(48-45(28-10-2-1-3-11-28)47-26-27-20-22-32-30-12-4-6-18-39(30)50-41(32)24-27)29-21-23-37-36(25-29)42-33(14-9-17-38(42)49-37)35-16-8-15-34-31-13-5-7-19-40(31)51-43(34)35/h1-25,44-45,47-48H,26,46H2/t44-,45?/m1/s1. The van der Waals surface area contributed by atoms with Crippen LogP contribution in [0.2, 0.25) is 0 Å². The van der Waals surface area contributed by atoms with Crippen molar-refractivity contribution in [2.45, 2.75) is 18.9 Å². The Morgan fingerprint density at radius 3 is 2.10 bits per heavy atom. The van der Waals surface area contributed by atoms with Crippen LogP contribution in [0.3, 0.4) is 0 Å². The van der Waals surface area contributed by atoms with Gasteiger partial charge in [-0.25, -0.2) is 0 Å². The van der Waals surface area contributed by atoms with E-state index in [9.17, 15) is 0 Å². The first-order chi connectivity index (χ1) is 25.2. The molecule has 6 heteroatoms. The highest BCUT2D eigenvalue weighted by molar-refractivity contribution is 7.26. The summed E-state index contributed by atoms with van der Waals surface area (Å²) in [6.45, 7) is 0.696. The van der Waals surface area contributed by atoms with Gasteiger partial charge in [0.1, 0.15) is 11.2 Å². The molecule has 3 heterocycles. The van der Waals surface area contributed by atoms with Crippen LogP contribution in [-0.2, 0) is 6.54 Å². The average molecular weight is 696 g/mol. The zero-order chi connectivity index (χ0) is 33.9. The normalized spacial score (nSPS) is 13.3. The molecule has 0 radical (unpaired) electrons. The minimum absolute atomic E-state index is 0.169. The Morgan fingerprint density at radius 2 is 1.24 bits per heavy atom. The molecule has 0 aliphatic heterocycles. The second-order valence-electron chi connectivity index (χ2n) is 13.1. The number of benzene rings is 7. The summed E-state index contributed by atoms with van der Waals surface area (Å²) in [5, 5.41) is 14.9. The third-order valence-corrected chi connectivity index (χ3v) is 12.4. The average Bonchev–Trinajstić information content (AvgIpc) is 3.87. The molecule has 0 saturated carbocycles. The van der Waals surface area contributed by atoms with Crippen molar-refractivity contribution in [1.29, 1.82) is 0 Å². The highest BCUT2D eigenvalue weighted by Crippen LogP contribution is 2.44. The molecule has 7 aromatic carbocycles. The molecule has 51 heavy (non-hydrogen) atoms. The van der Waals surface area contributed by atoms with Gasteiger partial charge in [0, 0.05) is 63.2 Å². The summed E-state index contributed by atoms with van der Waals surface area (Å²) in [6.07, 6.45) is -0.599. The van der Waals surface area contributed by atoms with Crippen molar-refractivity contribution in [3.8, 4) is 11.1 Å². The smallest absolute Gasteiger partial charge is 0.136 e. The number of thiophene rings is 2. The summed E-state index contributed by atoms with van der Waals surface area (Å²) < 4.78 is 11.6. The van der Waals surface area contributed by atoms with Crippen molar-refractivity contribution >= 4 is 85.0 Å². The lowest BCUT2D eigenvalue weighted by Gasteiger charge is -2.25. The maximum atomic E-state index is 7.01. The topological polar surface area (TPSA) is 63.2 Å². The van der Waals surface area contributed by atoms with Crippen LogP contribution in [0.25, 0.3) is 73.4 Å². The van der Waals surface area contributed by atoms with Crippen LogP contribution in [-0.4, -0.2) is 0 Å². The summed E-state index contributed by atoms with van der Waals surface area (Å²) in [6, 6.07) is 53.9. The van der Waals surface area contributed by atoms with Gasteiger partial charge in [-0.15, -0.1) is 22.7 Å². The molecule has 246 valence electrons. The van der Waals surface area contributed by atoms with Crippen LogP contribution in [0.15, 0.2) is 156 Å². The molecule has 4 N–H and O–H groups in total. The van der Waals surface area contributed by atoms with Crippen LogP contribution in [0, 0.1) is 0 Å². The zero-order valence-electron chi connectivity index (χ0n) is 27.6. The highest BCUT2D eigenvalue weighted by atomic mass is 32.1. The van der Waals surface area contributed by atoms with Crippen molar-refractivity contribution in [3.63, 3.8) is 0 Å². The van der Waals surface area contributed by atoms with E-state index in [4.69, 9.17) is 10.2 Å². The second-order valence-corrected chi connectivity index (χ2v) is 15.3. The lowest BCUT2D eigenvalue weighted by Crippen LogP contribution is -2.39. The molecule has 0 saturated heterocycles. The van der Waals surface area contributed by atoms with Crippen molar-refractivity contribution in [2.75, 3.05) is 0 Å². The molecule has 10 aromatic rings. The Morgan fingerprint density at radius 1 is 0.529 bits per heavy atom. The van der Waals surface area contributed by atoms with Gasteiger partial charge in [0.05, 0.1) is 12.3 Å². The lowest BCUT2D eigenvalue weighted by molar-refractivity contribution is 0.386. The first-order valence-electron chi connectivity index (χ1n) is 17.2. The molecule has 0 spiro atoms. The lowest BCUT2D eigenvalue weighted by atomic mass is 9.97. The summed E-state index contributed by atoms with van der Waals surface area (Å²) >= 11 is 3.70. The monoisotopic (exact) mass is 695 g/mol. The molecule has 0 aliphatic carbocycles. The predicted molar refractivity (Wildman–Crippen MR) is 217 cm³/mol. The van der Waals surface area contributed by atoms with Gasteiger partial charge in [-0.3, -0.25) is 10.6 Å². The Kier molecular flexibility index (Phi) is 7.45. The highest BCUT2D eigenvalue weighted by Gasteiger charge is 2.20. The number of rotatable bonds is 8. The molecule has 0 fully saturated rings. The van der Waals surface area contributed by atoms with Crippen LogP contribution < -0.4 is 16.4 Å². The van der Waals surface area contributed by atoms with Gasteiger partial charge >= 0.3 is 0 Å². The van der Waals surface area contributed by atoms with Gasteiger partial charge in [-0.2, -0.15) is 0 Å². The Bertz CT molecular complexity index is 2890. The SMILES string of the molecule is N[C@H](NC(NCc1ccc2c(c1)sc1ccccc12)c1ccccc1)c1ccc2oc3cccc(-c4cccc5c4sc4ccccc45)c3c2c1. The van der Waals surface area contributed by atoms with E-state index in [1.54, 1.807) is 0 Å². The van der Waals surface area contributed by atoms with Crippen molar-refractivity contribution in [2.24, 2.45) is 5.73 Å². The fraction of sp³-hybridized carbons (Fsp3) is 0.0667. The van der Waals surface area contributed by atoms with E-state index < -0.39 is 6.17 Å². The summed E-state index contributed by atoms with van der Waals surface area (Å²) in [4.78, 5) is 0. The van der Waals surface area contributed by atoms with E-state index in [1.807, 2.05) is 28.7 Å². The molecular formula is C45H33N3OS2. The predicted octanol–water partition coefficient (Wildman–Crippen LogP) is 12.0. The third kappa shape index (κ3) is 5.31. The molecular weight excluding hydrogens is 663 g/mol. The van der Waals surface area contributed by atoms with Gasteiger partial charge in [0.2, 0.25) is 0 Å². The van der Waals surface area contributed by atoms with Crippen molar-refractivity contribution in [1.82, 2.24) is 10.6 Å². The first kappa shape index (κ1) is 30.5. The summed E-state index contributed by atoms with van der Waals surface area (Å²) in [5.74, 6) is 0. The van der Waals surface area contributed by atoms with Gasteiger partial charge in [0.15, 0.2) is 0 Å². The van der Waals surface area contributed by atoms with Crippen LogP contribution in [0.1, 0.15) is 29.0 Å². The zero-order valence-corrected chi connectivity index (χ0v) is 29.2. The van der Waals surface area contributed by atoms with E-state index in [0.29, 0.717) is 6.54 Å². The molecule has 3 aromatic heterocycles. The van der Waals surface area contributed by atoms with E-state index in [-0.39, 0.29) is 6.17 Å². The maximum Gasteiger partial charge on any atom is 0.136 e. The summed E-state index contributed by atoms with van der Waals surface area (Å²) in [7, 11) is 0. The van der Waals surface area contributed by atoms with Crippen molar-refractivity contribution < 1.29 is 4.42 Å². The molecule has 0 aliphatic rings. The molecule has 2 atom stereocenters. The third-order valence-electron chi connectivity index (χ3n) is 10.0. The minimum atomic E-state index is -0.430. The molecule has 4 nitrogen and oxygen atoms in total. The molecule has 0 amide bonds. The van der Waals surface area contributed by atoms with E-state index in [1.165, 1.54) is 57.0 Å². The number of fused-ring (bicyclic) bond motifs is 9. The van der Waals surface area contributed by atoms with Crippen molar-refractivity contribution in [3.05, 3.63) is 168 Å². The number of hydrogen-bond donors (Lipinski definition) is 3. The first-order valence-corrected chi connectivity index (χ1v) is 18.9. The number of hydrogen-bond acceptors (Lipinski definition) is 6. The van der Waals surface area contributed by atoms with Gasteiger partial charge in [-0.1, -0.05) is 115 Å². The van der Waals surface area contributed by atoms with E-state index in [0.717, 1.165) is 33.1 Å². The molecule has 0 bridgehead atoms. The Balaban J connectivity index is 0.989. The van der Waals surface area contributed by atoms with Gasteiger partial charge in [0.25, 0.3) is 0 Å². The minimum Gasteiger partial charge on any atom is -0.456 e. The number of furan rings is 1. The second kappa shape index (κ2) is 12.5. The maximum absolute atomic E-state index is 7.01. The van der Waals surface area contributed by atoms with Crippen LogP contribution in [0.4, 0.5) is 0 Å².